The Hall–Kier alpha value is -2.11. The lowest BCUT2D eigenvalue weighted by Gasteiger charge is -2.18. The van der Waals surface area contributed by atoms with Gasteiger partial charge in [0.15, 0.2) is 5.65 Å². The molecular formula is C11H15N5O. The minimum Gasteiger partial charge on any atom is -0.359 e. The van der Waals surface area contributed by atoms with Crippen molar-refractivity contribution in [1.29, 1.82) is 0 Å². The van der Waals surface area contributed by atoms with Crippen LogP contribution in [0, 0.1) is 0 Å². The second kappa shape index (κ2) is 4.40. The predicted octanol–water partition coefficient (Wildman–Crippen LogP) is 0.618. The summed E-state index contributed by atoms with van der Waals surface area (Å²) in [7, 11) is 3.46. The van der Waals surface area contributed by atoms with Gasteiger partial charge >= 0.3 is 0 Å². The van der Waals surface area contributed by atoms with Crippen LogP contribution in [0.3, 0.4) is 0 Å². The molecule has 0 bridgehead atoms. The molecule has 2 aromatic rings. The highest BCUT2D eigenvalue weighted by molar-refractivity contribution is 5.83. The maximum atomic E-state index is 11.7. The summed E-state index contributed by atoms with van der Waals surface area (Å²) in [5.41, 5.74) is 0.750. The number of carbonyl (C=O) groups is 1. The van der Waals surface area contributed by atoms with Gasteiger partial charge in [-0.1, -0.05) is 0 Å². The Kier molecular flexibility index (Phi) is 2.95. The summed E-state index contributed by atoms with van der Waals surface area (Å²) in [6, 6.07) is 3.30. The summed E-state index contributed by atoms with van der Waals surface area (Å²) < 4.78 is 1.67. The molecule has 0 aliphatic heterocycles. The Labute approximate surface area is 99.3 Å². The third kappa shape index (κ3) is 2.35. The summed E-state index contributed by atoms with van der Waals surface area (Å²) in [5.74, 6) is 0.681. The number of anilines is 1. The summed E-state index contributed by atoms with van der Waals surface area (Å²) >= 11 is 0. The second-order valence-corrected chi connectivity index (χ2v) is 4.05. The molecule has 0 aromatic carbocycles. The van der Waals surface area contributed by atoms with E-state index in [0.29, 0.717) is 5.82 Å². The molecule has 2 aromatic heterocycles. The first kappa shape index (κ1) is 11.4. The molecule has 1 amide bonds. The van der Waals surface area contributed by atoms with Crippen molar-refractivity contribution in [3.05, 3.63) is 24.5 Å². The molecule has 0 aliphatic rings. The molecule has 0 spiro atoms. The van der Waals surface area contributed by atoms with Crippen LogP contribution in [0.5, 0.6) is 0 Å². The van der Waals surface area contributed by atoms with E-state index in [9.17, 15) is 4.79 Å². The van der Waals surface area contributed by atoms with Crippen molar-refractivity contribution in [3.63, 3.8) is 0 Å². The quantitative estimate of drug-likeness (QED) is 0.844. The summed E-state index contributed by atoms with van der Waals surface area (Å²) in [6.07, 6.45) is 3.48. The fraction of sp³-hybridized carbons (Fsp3) is 0.364. The van der Waals surface area contributed by atoms with Crippen LogP contribution in [-0.4, -0.2) is 45.5 Å². The fourth-order valence-electron chi connectivity index (χ4n) is 1.56. The van der Waals surface area contributed by atoms with Crippen molar-refractivity contribution < 1.29 is 4.79 Å². The highest BCUT2D eigenvalue weighted by atomic mass is 16.2. The number of nitrogens with zero attached hydrogens (tertiary/aromatic N) is 4. The molecule has 0 saturated carbocycles. The van der Waals surface area contributed by atoms with Crippen molar-refractivity contribution >= 4 is 17.4 Å². The van der Waals surface area contributed by atoms with Gasteiger partial charge in [0.1, 0.15) is 11.9 Å². The van der Waals surface area contributed by atoms with E-state index >= 15 is 0 Å². The van der Waals surface area contributed by atoms with Crippen molar-refractivity contribution in [1.82, 2.24) is 19.5 Å². The molecule has 2 rings (SSSR count). The number of carbonyl (C=O) groups excluding carboxylic acids is 1. The maximum absolute atomic E-state index is 11.7. The molecule has 90 valence electrons. The number of aromatic nitrogens is 3. The molecule has 0 radical (unpaired) electrons. The summed E-state index contributed by atoms with van der Waals surface area (Å²) in [5, 5.41) is 7.12. The Morgan fingerprint density at radius 1 is 1.47 bits per heavy atom. The summed E-state index contributed by atoms with van der Waals surface area (Å²) in [6.45, 7) is 1.81. The van der Waals surface area contributed by atoms with Gasteiger partial charge in [-0.2, -0.15) is 5.10 Å². The van der Waals surface area contributed by atoms with Crippen LogP contribution in [0.15, 0.2) is 24.5 Å². The largest absolute Gasteiger partial charge is 0.359 e. The lowest BCUT2D eigenvalue weighted by atomic mass is 10.3. The third-order valence-electron chi connectivity index (χ3n) is 2.43. The molecule has 6 heteroatoms. The Balaban J connectivity index is 2.15. The van der Waals surface area contributed by atoms with E-state index in [-0.39, 0.29) is 11.9 Å². The summed E-state index contributed by atoms with van der Waals surface area (Å²) in [4.78, 5) is 17.6. The molecule has 0 fully saturated rings. The van der Waals surface area contributed by atoms with E-state index in [1.165, 1.54) is 0 Å². The molecule has 0 saturated heterocycles. The molecule has 17 heavy (non-hydrogen) atoms. The van der Waals surface area contributed by atoms with E-state index in [1.807, 2.05) is 13.0 Å². The van der Waals surface area contributed by atoms with E-state index in [2.05, 4.69) is 15.4 Å². The smallest absolute Gasteiger partial charge is 0.244 e. The Morgan fingerprint density at radius 2 is 2.24 bits per heavy atom. The van der Waals surface area contributed by atoms with Crippen LogP contribution in [0.25, 0.3) is 5.65 Å². The lowest BCUT2D eigenvalue weighted by molar-refractivity contribution is -0.129. The maximum Gasteiger partial charge on any atom is 0.244 e. The number of nitrogens with one attached hydrogen (secondary N) is 1. The van der Waals surface area contributed by atoms with Gasteiger partial charge in [-0.25, -0.2) is 9.50 Å². The molecule has 1 atom stereocenters. The van der Waals surface area contributed by atoms with E-state index in [0.717, 1.165) is 5.65 Å². The Bertz CT molecular complexity index is 533. The fourth-order valence-corrected chi connectivity index (χ4v) is 1.56. The van der Waals surface area contributed by atoms with Crippen LogP contribution in [-0.2, 0) is 4.79 Å². The average molecular weight is 233 g/mol. The van der Waals surface area contributed by atoms with Gasteiger partial charge in [-0.3, -0.25) is 4.79 Å². The standard InChI is InChI=1S/C11H15N5O/c1-8(11(17)15(2)3)13-9-5-7-16-10(14-9)4-6-12-16/h4-8H,1-3H3,(H,13,14). The molecule has 2 heterocycles. The van der Waals surface area contributed by atoms with Crippen molar-refractivity contribution in [3.8, 4) is 0 Å². The number of hydrogen-bond donors (Lipinski definition) is 1. The minimum absolute atomic E-state index is 0.0141. The zero-order valence-electron chi connectivity index (χ0n) is 10.1. The van der Waals surface area contributed by atoms with Crippen molar-refractivity contribution in [2.45, 2.75) is 13.0 Å². The van der Waals surface area contributed by atoms with Crippen LogP contribution < -0.4 is 5.32 Å². The number of likely N-dealkylation sites (N-methyl/N-ethyl adjacent to an activating group) is 1. The van der Waals surface area contributed by atoms with Gasteiger partial charge in [0.2, 0.25) is 5.91 Å². The van der Waals surface area contributed by atoms with Gasteiger partial charge in [0.25, 0.3) is 0 Å². The van der Waals surface area contributed by atoms with Gasteiger partial charge in [-0.15, -0.1) is 0 Å². The average Bonchev–Trinajstić information content (AvgIpc) is 2.74. The molecule has 1 N–H and O–H groups in total. The highest BCUT2D eigenvalue weighted by Crippen LogP contribution is 2.07. The van der Waals surface area contributed by atoms with E-state index < -0.39 is 0 Å². The topological polar surface area (TPSA) is 62.5 Å². The first-order chi connectivity index (χ1) is 8.08. The predicted molar refractivity (Wildman–Crippen MR) is 64.8 cm³/mol. The zero-order chi connectivity index (χ0) is 12.4. The molecule has 1 unspecified atom stereocenters. The van der Waals surface area contributed by atoms with Crippen molar-refractivity contribution in [2.75, 3.05) is 19.4 Å². The number of rotatable bonds is 3. The third-order valence-corrected chi connectivity index (χ3v) is 2.43. The SMILES string of the molecule is CC(Nc1ccn2nccc2n1)C(=O)N(C)C. The Morgan fingerprint density at radius 3 is 2.94 bits per heavy atom. The number of amides is 1. The second-order valence-electron chi connectivity index (χ2n) is 4.05. The van der Waals surface area contributed by atoms with Gasteiger partial charge in [-0.05, 0) is 13.0 Å². The normalized spacial score (nSPS) is 12.4. The van der Waals surface area contributed by atoms with Gasteiger partial charge in [0.05, 0.1) is 6.20 Å². The van der Waals surface area contributed by atoms with Crippen LogP contribution in [0.4, 0.5) is 5.82 Å². The number of fused-ring (bicyclic) bond motifs is 1. The lowest BCUT2D eigenvalue weighted by Crippen LogP contribution is -2.36. The molecule has 0 aliphatic carbocycles. The zero-order valence-corrected chi connectivity index (χ0v) is 10.1. The van der Waals surface area contributed by atoms with E-state index in [4.69, 9.17) is 0 Å². The highest BCUT2D eigenvalue weighted by Gasteiger charge is 2.14. The molecule has 6 nitrogen and oxygen atoms in total. The minimum atomic E-state index is -0.303. The van der Waals surface area contributed by atoms with Crippen molar-refractivity contribution in [2.24, 2.45) is 0 Å². The van der Waals surface area contributed by atoms with E-state index in [1.54, 1.807) is 42.0 Å². The number of hydrogen-bond acceptors (Lipinski definition) is 4. The molecular weight excluding hydrogens is 218 g/mol. The first-order valence-electron chi connectivity index (χ1n) is 5.36. The van der Waals surface area contributed by atoms with Crippen LogP contribution in [0.1, 0.15) is 6.92 Å². The van der Waals surface area contributed by atoms with Crippen LogP contribution in [0.2, 0.25) is 0 Å². The van der Waals surface area contributed by atoms with Gasteiger partial charge in [0, 0.05) is 26.4 Å². The monoisotopic (exact) mass is 233 g/mol. The first-order valence-corrected chi connectivity index (χ1v) is 5.36. The van der Waals surface area contributed by atoms with Gasteiger partial charge < -0.3 is 10.2 Å². The van der Waals surface area contributed by atoms with Crippen LogP contribution >= 0.6 is 0 Å².